The van der Waals surface area contributed by atoms with Crippen LogP contribution in [0.15, 0.2) is 47.4 Å². The molecule has 2 aromatic rings. The molecule has 41 heavy (non-hydrogen) atoms. The first-order valence-electron chi connectivity index (χ1n) is 14.4. The molecule has 1 aromatic heterocycles. The molecule has 10 heteroatoms. The lowest BCUT2D eigenvalue weighted by Crippen LogP contribution is -2.38. The molecule has 10 nitrogen and oxygen atoms in total. The first-order valence-corrected chi connectivity index (χ1v) is 14.4. The number of hydrogen-bond donors (Lipinski definition) is 1. The third-order valence-corrected chi connectivity index (χ3v) is 6.84. The van der Waals surface area contributed by atoms with Crippen LogP contribution >= 0.6 is 0 Å². The molecular weight excluding hydrogens is 526 g/mol. The Balaban J connectivity index is 1.35. The fourth-order valence-electron chi connectivity index (χ4n) is 4.81. The van der Waals surface area contributed by atoms with Gasteiger partial charge in [-0.25, -0.2) is 4.79 Å². The van der Waals surface area contributed by atoms with Crippen molar-refractivity contribution in [3.8, 4) is 0 Å². The number of aliphatic carboxylic acids is 1. The SMILES string of the molecule is CC(C)(C)OC(=O)N(CCCCCCCCCCCN1C(=O)c2ccccc2C1=O)c1ccc(=O)n(CC(=O)O)c1. The quantitative estimate of drug-likeness (QED) is 0.223. The monoisotopic (exact) mass is 567 g/mol. The number of nitrogens with zero attached hydrogens (tertiary/aromatic N) is 3. The fourth-order valence-corrected chi connectivity index (χ4v) is 4.81. The Morgan fingerprint density at radius 1 is 0.805 bits per heavy atom. The maximum Gasteiger partial charge on any atom is 0.414 e. The van der Waals surface area contributed by atoms with Crippen LogP contribution in [-0.4, -0.2) is 57.1 Å². The van der Waals surface area contributed by atoms with Crippen LogP contribution in [0.2, 0.25) is 0 Å². The van der Waals surface area contributed by atoms with E-state index in [4.69, 9.17) is 9.84 Å². The standard InChI is InChI=1S/C31H41N3O7/c1-31(2,3)41-30(40)33(23-17-18-26(35)32(21-23)22-27(36)37)19-13-9-7-5-4-6-8-10-14-20-34-28(38)24-15-11-12-16-25(24)29(34)39/h11-12,15-18,21H,4-10,13-14,19-20,22H2,1-3H3,(H,36,37). The van der Waals surface area contributed by atoms with E-state index in [2.05, 4.69) is 0 Å². The number of amides is 3. The highest BCUT2D eigenvalue weighted by molar-refractivity contribution is 6.21. The number of anilines is 1. The second-order valence-corrected chi connectivity index (χ2v) is 11.4. The second-order valence-electron chi connectivity index (χ2n) is 11.4. The summed E-state index contributed by atoms with van der Waals surface area (Å²) in [6.45, 7) is 5.68. The van der Waals surface area contributed by atoms with Crippen LogP contribution < -0.4 is 10.5 Å². The van der Waals surface area contributed by atoms with Crippen molar-refractivity contribution in [2.24, 2.45) is 0 Å². The van der Waals surface area contributed by atoms with Gasteiger partial charge in [-0.05, 0) is 51.8 Å². The van der Waals surface area contributed by atoms with Crippen LogP contribution in [0.1, 0.15) is 99.3 Å². The molecule has 3 rings (SSSR count). The number of fused-ring (bicyclic) bond motifs is 1. The summed E-state index contributed by atoms with van der Waals surface area (Å²) in [5, 5.41) is 9.09. The van der Waals surface area contributed by atoms with E-state index in [0.29, 0.717) is 29.9 Å². The third kappa shape index (κ3) is 9.30. The Morgan fingerprint density at radius 2 is 1.34 bits per heavy atom. The molecule has 1 aliphatic heterocycles. The topological polar surface area (TPSA) is 126 Å². The largest absolute Gasteiger partial charge is 0.480 e. The van der Waals surface area contributed by atoms with Crippen LogP contribution in [0.3, 0.4) is 0 Å². The van der Waals surface area contributed by atoms with Crippen molar-refractivity contribution in [3.05, 3.63) is 64.1 Å². The number of carbonyl (C=O) groups is 4. The number of unbranched alkanes of at least 4 members (excludes halogenated alkanes) is 8. The van der Waals surface area contributed by atoms with E-state index in [9.17, 15) is 24.0 Å². The Bertz CT molecular complexity index is 1260. The normalized spacial score (nSPS) is 12.9. The molecule has 0 atom stereocenters. The first-order chi connectivity index (χ1) is 19.5. The number of benzene rings is 1. The summed E-state index contributed by atoms with van der Waals surface area (Å²) >= 11 is 0. The Labute approximate surface area is 240 Å². The number of rotatable bonds is 15. The summed E-state index contributed by atoms with van der Waals surface area (Å²) in [4.78, 5) is 63.7. The van der Waals surface area contributed by atoms with Crippen LogP contribution in [0, 0.1) is 0 Å². The predicted octanol–water partition coefficient (Wildman–Crippen LogP) is 5.48. The van der Waals surface area contributed by atoms with Gasteiger partial charge in [0.2, 0.25) is 0 Å². The molecule has 0 saturated carbocycles. The first kappa shape index (κ1) is 31.6. The van der Waals surface area contributed by atoms with Crippen molar-refractivity contribution >= 4 is 29.6 Å². The van der Waals surface area contributed by atoms with Crippen LogP contribution in [0.4, 0.5) is 10.5 Å². The summed E-state index contributed by atoms with van der Waals surface area (Å²) in [5.74, 6) is -1.54. The molecule has 1 aliphatic rings. The van der Waals surface area contributed by atoms with Crippen molar-refractivity contribution in [2.75, 3.05) is 18.0 Å². The van der Waals surface area contributed by atoms with E-state index in [0.717, 1.165) is 62.4 Å². The van der Waals surface area contributed by atoms with Crippen molar-refractivity contribution < 1.29 is 29.0 Å². The molecule has 2 heterocycles. The lowest BCUT2D eigenvalue weighted by Gasteiger charge is -2.27. The molecule has 0 aliphatic carbocycles. The summed E-state index contributed by atoms with van der Waals surface area (Å²) in [7, 11) is 0. The van der Waals surface area contributed by atoms with Crippen LogP contribution in [0.25, 0.3) is 0 Å². The van der Waals surface area contributed by atoms with Gasteiger partial charge < -0.3 is 14.4 Å². The average molecular weight is 568 g/mol. The van der Waals surface area contributed by atoms with Crippen LogP contribution in [0.5, 0.6) is 0 Å². The zero-order valence-electron chi connectivity index (χ0n) is 24.3. The predicted molar refractivity (Wildman–Crippen MR) is 155 cm³/mol. The van der Waals surface area contributed by atoms with Gasteiger partial charge in [-0.15, -0.1) is 0 Å². The summed E-state index contributed by atoms with van der Waals surface area (Å²) < 4.78 is 6.62. The molecule has 222 valence electrons. The molecule has 0 unspecified atom stereocenters. The van der Waals surface area contributed by atoms with Gasteiger partial charge in [0.25, 0.3) is 17.4 Å². The molecular formula is C31H41N3O7. The fraction of sp³-hybridized carbons (Fsp3) is 0.516. The number of pyridine rings is 1. The molecule has 3 amide bonds. The summed E-state index contributed by atoms with van der Waals surface area (Å²) in [6, 6.07) is 9.72. The number of hydrogen-bond acceptors (Lipinski definition) is 6. The molecule has 0 saturated heterocycles. The molecule has 0 fully saturated rings. The molecule has 0 radical (unpaired) electrons. The van der Waals surface area contributed by atoms with Gasteiger partial charge in [0.05, 0.1) is 16.8 Å². The van der Waals surface area contributed by atoms with Gasteiger partial charge in [-0.3, -0.25) is 29.0 Å². The van der Waals surface area contributed by atoms with Gasteiger partial charge in [-0.1, -0.05) is 57.1 Å². The minimum Gasteiger partial charge on any atom is -0.480 e. The third-order valence-electron chi connectivity index (χ3n) is 6.84. The van der Waals surface area contributed by atoms with E-state index in [-0.39, 0.29) is 11.8 Å². The number of carbonyl (C=O) groups excluding carboxylic acids is 3. The molecule has 0 spiro atoms. The lowest BCUT2D eigenvalue weighted by atomic mass is 10.1. The Kier molecular flexibility index (Phi) is 11.3. The van der Waals surface area contributed by atoms with Crippen molar-refractivity contribution in [1.29, 1.82) is 0 Å². The van der Waals surface area contributed by atoms with Crippen molar-refractivity contribution in [1.82, 2.24) is 9.47 Å². The maximum atomic E-state index is 12.9. The smallest absolute Gasteiger partial charge is 0.414 e. The highest BCUT2D eigenvalue weighted by Crippen LogP contribution is 2.23. The zero-order chi connectivity index (χ0) is 30.0. The van der Waals surface area contributed by atoms with E-state index < -0.39 is 29.8 Å². The van der Waals surface area contributed by atoms with Gasteiger partial charge in [0, 0.05) is 25.4 Å². The number of ether oxygens (including phenoxy) is 1. The van der Waals surface area contributed by atoms with E-state index in [1.807, 2.05) is 0 Å². The number of carboxylic acid groups (broad SMARTS) is 1. The van der Waals surface area contributed by atoms with E-state index in [1.165, 1.54) is 28.1 Å². The minimum absolute atomic E-state index is 0.197. The van der Waals surface area contributed by atoms with Crippen molar-refractivity contribution in [2.45, 2.75) is 90.7 Å². The molecule has 1 N–H and O–H groups in total. The lowest BCUT2D eigenvalue weighted by molar-refractivity contribution is -0.137. The highest BCUT2D eigenvalue weighted by Gasteiger charge is 2.34. The van der Waals surface area contributed by atoms with E-state index in [1.54, 1.807) is 45.0 Å². The van der Waals surface area contributed by atoms with Crippen molar-refractivity contribution in [3.63, 3.8) is 0 Å². The number of imide groups is 1. The highest BCUT2D eigenvalue weighted by atomic mass is 16.6. The van der Waals surface area contributed by atoms with E-state index >= 15 is 0 Å². The Morgan fingerprint density at radius 3 is 1.88 bits per heavy atom. The molecule has 0 bridgehead atoms. The maximum absolute atomic E-state index is 12.9. The van der Waals surface area contributed by atoms with Gasteiger partial charge in [-0.2, -0.15) is 0 Å². The van der Waals surface area contributed by atoms with Gasteiger partial charge in [0.15, 0.2) is 0 Å². The average Bonchev–Trinajstić information content (AvgIpc) is 3.14. The summed E-state index contributed by atoms with van der Waals surface area (Å²) in [5.41, 5.74) is 0.253. The number of carboxylic acids is 1. The van der Waals surface area contributed by atoms with Gasteiger partial charge >= 0.3 is 12.1 Å². The van der Waals surface area contributed by atoms with Crippen LogP contribution in [-0.2, 0) is 16.1 Å². The Hall–Kier alpha value is -3.95. The summed E-state index contributed by atoms with van der Waals surface area (Å²) in [6.07, 6.45) is 9.53. The number of aromatic nitrogens is 1. The van der Waals surface area contributed by atoms with Gasteiger partial charge in [0.1, 0.15) is 12.1 Å². The second kappa shape index (κ2) is 14.6. The molecule has 1 aromatic carbocycles. The minimum atomic E-state index is -1.14. The zero-order valence-corrected chi connectivity index (χ0v) is 24.3.